The summed E-state index contributed by atoms with van der Waals surface area (Å²) in [6, 6.07) is 5.62. The minimum atomic E-state index is -4.28. The van der Waals surface area contributed by atoms with Crippen LogP contribution in [0.4, 0.5) is 13.2 Å². The average molecular weight is 287 g/mol. The summed E-state index contributed by atoms with van der Waals surface area (Å²) >= 11 is 0. The molecule has 20 heavy (non-hydrogen) atoms. The highest BCUT2D eigenvalue weighted by atomic mass is 19.4. The molecule has 1 aliphatic heterocycles. The lowest BCUT2D eigenvalue weighted by Crippen LogP contribution is -2.36. The van der Waals surface area contributed by atoms with E-state index in [9.17, 15) is 13.2 Å². The van der Waals surface area contributed by atoms with E-state index >= 15 is 0 Å². The van der Waals surface area contributed by atoms with Gasteiger partial charge in [-0.3, -0.25) is 0 Å². The molecule has 0 amide bonds. The van der Waals surface area contributed by atoms with E-state index in [-0.39, 0.29) is 5.41 Å². The number of benzene rings is 1. The zero-order valence-corrected chi connectivity index (χ0v) is 11.6. The number of alkyl halides is 3. The molecule has 1 aromatic rings. The van der Waals surface area contributed by atoms with Gasteiger partial charge < -0.3 is 10.1 Å². The summed E-state index contributed by atoms with van der Waals surface area (Å²) in [5.41, 5.74) is 0.0657. The van der Waals surface area contributed by atoms with Gasteiger partial charge in [-0.15, -0.1) is 0 Å². The van der Waals surface area contributed by atoms with Crippen LogP contribution in [0.25, 0.3) is 0 Å². The van der Waals surface area contributed by atoms with Crippen molar-refractivity contribution >= 4 is 0 Å². The smallest absolute Gasteiger partial charge is 0.381 e. The van der Waals surface area contributed by atoms with Crippen LogP contribution in [0.2, 0.25) is 0 Å². The normalized spacial score (nSPS) is 23.2. The first kappa shape index (κ1) is 15.3. The summed E-state index contributed by atoms with van der Waals surface area (Å²) in [5, 5.41) is 3.29. The van der Waals surface area contributed by atoms with E-state index in [1.54, 1.807) is 6.07 Å². The summed E-state index contributed by atoms with van der Waals surface area (Å²) in [5.74, 6) is 0. The summed E-state index contributed by atoms with van der Waals surface area (Å²) in [6.45, 7) is 4.94. The van der Waals surface area contributed by atoms with Gasteiger partial charge >= 0.3 is 6.18 Å². The SMILES string of the molecule is CCNCC1(Cc2cccc(C(F)(F)F)c2)CCOC1. The highest BCUT2D eigenvalue weighted by Crippen LogP contribution is 2.34. The summed E-state index contributed by atoms with van der Waals surface area (Å²) in [7, 11) is 0. The van der Waals surface area contributed by atoms with Crippen molar-refractivity contribution < 1.29 is 17.9 Å². The predicted octanol–water partition coefficient (Wildman–Crippen LogP) is 3.26. The molecule has 0 bridgehead atoms. The van der Waals surface area contributed by atoms with Crippen molar-refractivity contribution in [1.82, 2.24) is 5.32 Å². The van der Waals surface area contributed by atoms with Crippen molar-refractivity contribution in [2.75, 3.05) is 26.3 Å². The van der Waals surface area contributed by atoms with Crippen molar-refractivity contribution in [1.29, 1.82) is 0 Å². The first-order valence-electron chi connectivity index (χ1n) is 6.90. The molecule has 1 atom stereocenters. The minimum absolute atomic E-state index is 0.0831. The molecule has 0 aromatic heterocycles. The molecular formula is C15H20F3NO. The predicted molar refractivity (Wildman–Crippen MR) is 71.6 cm³/mol. The van der Waals surface area contributed by atoms with E-state index < -0.39 is 11.7 Å². The van der Waals surface area contributed by atoms with Crippen LogP contribution in [-0.4, -0.2) is 26.3 Å². The summed E-state index contributed by atoms with van der Waals surface area (Å²) in [6.07, 6.45) is -2.78. The largest absolute Gasteiger partial charge is 0.416 e. The zero-order valence-electron chi connectivity index (χ0n) is 11.6. The summed E-state index contributed by atoms with van der Waals surface area (Å²) in [4.78, 5) is 0. The molecule has 1 aliphatic rings. The van der Waals surface area contributed by atoms with Gasteiger partial charge in [0.25, 0.3) is 0 Å². The quantitative estimate of drug-likeness (QED) is 0.897. The molecule has 5 heteroatoms. The van der Waals surface area contributed by atoms with E-state index in [1.807, 2.05) is 6.92 Å². The second kappa shape index (κ2) is 6.14. The van der Waals surface area contributed by atoms with E-state index in [0.29, 0.717) is 19.6 Å². The first-order chi connectivity index (χ1) is 9.45. The molecule has 1 N–H and O–H groups in total. The van der Waals surface area contributed by atoms with Crippen molar-refractivity contribution in [3.05, 3.63) is 35.4 Å². The average Bonchev–Trinajstić information content (AvgIpc) is 2.85. The Bertz CT molecular complexity index is 439. The molecule has 1 saturated heterocycles. The van der Waals surface area contributed by atoms with Crippen LogP contribution in [0.15, 0.2) is 24.3 Å². The van der Waals surface area contributed by atoms with Gasteiger partial charge in [0.1, 0.15) is 0 Å². The van der Waals surface area contributed by atoms with Crippen molar-refractivity contribution in [3.8, 4) is 0 Å². The van der Waals surface area contributed by atoms with Gasteiger partial charge in [0, 0.05) is 18.6 Å². The van der Waals surface area contributed by atoms with Crippen LogP contribution in [0.3, 0.4) is 0 Å². The number of hydrogen-bond acceptors (Lipinski definition) is 2. The molecule has 1 heterocycles. The van der Waals surface area contributed by atoms with Gasteiger partial charge in [0.2, 0.25) is 0 Å². The van der Waals surface area contributed by atoms with Gasteiger partial charge in [-0.05, 0) is 31.0 Å². The third-order valence-corrected chi connectivity index (χ3v) is 3.77. The standard InChI is InChI=1S/C15H20F3NO/c1-2-19-10-14(6-7-20-11-14)9-12-4-3-5-13(8-12)15(16,17)18/h3-5,8,19H,2,6-7,9-11H2,1H3. The first-order valence-corrected chi connectivity index (χ1v) is 6.90. The Morgan fingerprint density at radius 2 is 2.15 bits per heavy atom. The molecule has 1 unspecified atom stereocenters. The maximum Gasteiger partial charge on any atom is 0.416 e. The van der Waals surface area contributed by atoms with Gasteiger partial charge in [-0.2, -0.15) is 13.2 Å². The Hall–Kier alpha value is -1.07. The molecular weight excluding hydrogens is 267 g/mol. The third-order valence-electron chi connectivity index (χ3n) is 3.77. The van der Waals surface area contributed by atoms with Crippen molar-refractivity contribution in [3.63, 3.8) is 0 Å². The molecule has 0 radical (unpaired) electrons. The van der Waals surface area contributed by atoms with Crippen molar-refractivity contribution in [2.24, 2.45) is 5.41 Å². The van der Waals surface area contributed by atoms with Gasteiger partial charge in [-0.1, -0.05) is 25.1 Å². The van der Waals surface area contributed by atoms with E-state index in [1.165, 1.54) is 12.1 Å². The molecule has 2 rings (SSSR count). The molecule has 1 aromatic carbocycles. The third kappa shape index (κ3) is 3.73. The minimum Gasteiger partial charge on any atom is -0.381 e. The molecule has 0 spiro atoms. The van der Waals surface area contributed by atoms with Crippen LogP contribution >= 0.6 is 0 Å². The van der Waals surface area contributed by atoms with E-state index in [2.05, 4.69) is 5.32 Å². The molecule has 0 saturated carbocycles. The Morgan fingerprint density at radius 3 is 2.75 bits per heavy atom. The molecule has 0 aliphatic carbocycles. The fourth-order valence-electron chi connectivity index (χ4n) is 2.67. The number of rotatable bonds is 5. The fourth-order valence-corrected chi connectivity index (χ4v) is 2.67. The van der Waals surface area contributed by atoms with E-state index in [4.69, 9.17) is 4.74 Å². The Balaban J connectivity index is 2.14. The lowest BCUT2D eigenvalue weighted by Gasteiger charge is -2.28. The topological polar surface area (TPSA) is 21.3 Å². The lowest BCUT2D eigenvalue weighted by molar-refractivity contribution is -0.137. The molecule has 112 valence electrons. The Morgan fingerprint density at radius 1 is 1.35 bits per heavy atom. The van der Waals surface area contributed by atoms with Crippen LogP contribution < -0.4 is 5.32 Å². The highest BCUT2D eigenvalue weighted by Gasteiger charge is 2.36. The van der Waals surface area contributed by atoms with Crippen molar-refractivity contribution in [2.45, 2.75) is 25.9 Å². The fraction of sp³-hybridized carbons (Fsp3) is 0.600. The maximum absolute atomic E-state index is 12.7. The second-order valence-electron chi connectivity index (χ2n) is 5.46. The van der Waals surface area contributed by atoms with Crippen LogP contribution in [0.1, 0.15) is 24.5 Å². The van der Waals surface area contributed by atoms with Crippen LogP contribution in [-0.2, 0) is 17.3 Å². The monoisotopic (exact) mass is 287 g/mol. The Labute approximate surface area is 117 Å². The Kier molecular flexibility index (Phi) is 4.70. The molecule has 1 fully saturated rings. The zero-order chi connectivity index (χ0) is 14.6. The van der Waals surface area contributed by atoms with Gasteiger partial charge in [-0.25, -0.2) is 0 Å². The lowest BCUT2D eigenvalue weighted by atomic mass is 9.80. The molecule has 2 nitrogen and oxygen atoms in total. The summed E-state index contributed by atoms with van der Waals surface area (Å²) < 4.78 is 43.7. The maximum atomic E-state index is 12.7. The number of nitrogens with one attached hydrogen (secondary N) is 1. The number of hydrogen-bond donors (Lipinski definition) is 1. The highest BCUT2D eigenvalue weighted by molar-refractivity contribution is 5.26. The van der Waals surface area contributed by atoms with E-state index in [0.717, 1.165) is 31.1 Å². The number of halogens is 3. The van der Waals surface area contributed by atoms with Gasteiger partial charge in [0.15, 0.2) is 0 Å². The number of ether oxygens (including phenoxy) is 1. The van der Waals surface area contributed by atoms with Crippen LogP contribution in [0, 0.1) is 5.41 Å². The van der Waals surface area contributed by atoms with Gasteiger partial charge in [0.05, 0.1) is 12.2 Å². The second-order valence-corrected chi connectivity index (χ2v) is 5.46. The van der Waals surface area contributed by atoms with Crippen LogP contribution in [0.5, 0.6) is 0 Å².